The second-order valence-electron chi connectivity index (χ2n) is 3.46. The zero-order chi connectivity index (χ0) is 12.9. The van der Waals surface area contributed by atoms with Gasteiger partial charge < -0.3 is 10.1 Å². The molecule has 0 bridgehead atoms. The Hall–Kier alpha value is -0.940. The molecule has 0 amide bonds. The number of halogens is 4. The molecule has 0 unspecified atom stereocenters. The van der Waals surface area contributed by atoms with E-state index in [2.05, 4.69) is 5.32 Å². The van der Waals surface area contributed by atoms with Crippen LogP contribution in [0.5, 0.6) is 5.75 Å². The second kappa shape index (κ2) is 6.12. The van der Waals surface area contributed by atoms with Crippen molar-refractivity contribution in [3.63, 3.8) is 0 Å². The highest BCUT2D eigenvalue weighted by Gasteiger charge is 2.27. The monoisotopic (exact) mass is 267 g/mol. The van der Waals surface area contributed by atoms with Gasteiger partial charge in [-0.15, -0.1) is 0 Å². The van der Waals surface area contributed by atoms with E-state index in [0.29, 0.717) is 22.9 Å². The molecule has 96 valence electrons. The number of nitrogens with one attached hydrogen (secondary N) is 1. The molecule has 0 fully saturated rings. The van der Waals surface area contributed by atoms with Gasteiger partial charge in [-0.05, 0) is 19.2 Å². The molecule has 2 nitrogen and oxygen atoms in total. The van der Waals surface area contributed by atoms with Crippen LogP contribution in [0.15, 0.2) is 18.2 Å². The molecule has 0 aliphatic carbocycles. The second-order valence-corrected chi connectivity index (χ2v) is 3.87. The van der Waals surface area contributed by atoms with Crippen LogP contribution in [0.25, 0.3) is 0 Å². The first kappa shape index (κ1) is 14.1. The summed E-state index contributed by atoms with van der Waals surface area (Å²) in [6, 6.07) is 4.92. The fourth-order valence-electron chi connectivity index (χ4n) is 1.30. The SMILES string of the molecule is CNCc1c(Cl)cccc1OCCC(F)(F)F. The number of benzene rings is 1. The van der Waals surface area contributed by atoms with Crippen LogP contribution in [0, 0.1) is 0 Å². The Kier molecular flexibility index (Phi) is 5.08. The molecule has 0 heterocycles. The average Bonchev–Trinajstić information content (AvgIpc) is 2.21. The third-order valence-electron chi connectivity index (χ3n) is 2.07. The van der Waals surface area contributed by atoms with E-state index in [4.69, 9.17) is 16.3 Å². The van der Waals surface area contributed by atoms with E-state index in [1.807, 2.05) is 0 Å². The third kappa shape index (κ3) is 4.83. The van der Waals surface area contributed by atoms with Crippen molar-refractivity contribution in [1.82, 2.24) is 5.32 Å². The Labute approximate surface area is 103 Å². The van der Waals surface area contributed by atoms with E-state index in [-0.39, 0.29) is 0 Å². The minimum Gasteiger partial charge on any atom is -0.493 e. The fourth-order valence-corrected chi connectivity index (χ4v) is 1.53. The molecule has 0 aromatic heterocycles. The zero-order valence-corrected chi connectivity index (χ0v) is 10.0. The van der Waals surface area contributed by atoms with Crippen molar-refractivity contribution < 1.29 is 17.9 Å². The zero-order valence-electron chi connectivity index (χ0n) is 9.27. The van der Waals surface area contributed by atoms with E-state index in [9.17, 15) is 13.2 Å². The average molecular weight is 268 g/mol. The lowest BCUT2D eigenvalue weighted by Gasteiger charge is -2.13. The standard InChI is InChI=1S/C11H13ClF3NO/c1-16-7-8-9(12)3-2-4-10(8)17-6-5-11(13,14)15/h2-4,16H,5-7H2,1H3. The summed E-state index contributed by atoms with van der Waals surface area (Å²) in [6.45, 7) is 0.0432. The van der Waals surface area contributed by atoms with E-state index in [1.54, 1.807) is 25.2 Å². The van der Waals surface area contributed by atoms with Crippen molar-refractivity contribution in [3.8, 4) is 5.75 Å². The molecule has 0 saturated heterocycles. The topological polar surface area (TPSA) is 21.3 Å². The van der Waals surface area contributed by atoms with Gasteiger partial charge in [-0.25, -0.2) is 0 Å². The largest absolute Gasteiger partial charge is 0.493 e. The number of ether oxygens (including phenoxy) is 1. The lowest BCUT2D eigenvalue weighted by molar-refractivity contribution is -0.139. The first-order valence-corrected chi connectivity index (χ1v) is 5.43. The van der Waals surface area contributed by atoms with Crippen LogP contribution < -0.4 is 10.1 Å². The summed E-state index contributed by atoms with van der Waals surface area (Å²) < 4.78 is 41.0. The maximum absolute atomic E-state index is 12.0. The fraction of sp³-hybridized carbons (Fsp3) is 0.455. The first-order chi connectivity index (χ1) is 7.94. The molecular weight excluding hydrogens is 255 g/mol. The number of rotatable bonds is 5. The lowest BCUT2D eigenvalue weighted by atomic mass is 10.2. The van der Waals surface area contributed by atoms with Crippen LogP contribution in [0.3, 0.4) is 0 Å². The molecule has 1 aromatic carbocycles. The van der Waals surface area contributed by atoms with Crippen molar-refractivity contribution in [2.45, 2.75) is 19.1 Å². The molecule has 0 aliphatic heterocycles. The van der Waals surface area contributed by atoms with Gasteiger partial charge in [0.15, 0.2) is 0 Å². The Morgan fingerprint density at radius 3 is 2.65 bits per heavy atom. The summed E-state index contributed by atoms with van der Waals surface area (Å²) in [7, 11) is 1.73. The minimum absolute atomic E-state index is 0.385. The van der Waals surface area contributed by atoms with Gasteiger partial charge in [0.05, 0.1) is 13.0 Å². The molecule has 1 rings (SSSR count). The molecule has 1 N–H and O–H groups in total. The van der Waals surface area contributed by atoms with Crippen molar-refractivity contribution >= 4 is 11.6 Å². The van der Waals surface area contributed by atoms with Crippen molar-refractivity contribution in [3.05, 3.63) is 28.8 Å². The van der Waals surface area contributed by atoms with Crippen LogP contribution >= 0.6 is 11.6 Å². The van der Waals surface area contributed by atoms with Gasteiger partial charge >= 0.3 is 6.18 Å². The van der Waals surface area contributed by atoms with Crippen molar-refractivity contribution in [2.24, 2.45) is 0 Å². The van der Waals surface area contributed by atoms with Gasteiger partial charge in [0.25, 0.3) is 0 Å². The summed E-state index contributed by atoms with van der Waals surface area (Å²) >= 11 is 5.93. The van der Waals surface area contributed by atoms with E-state index >= 15 is 0 Å². The minimum atomic E-state index is -4.21. The molecule has 0 radical (unpaired) electrons. The first-order valence-electron chi connectivity index (χ1n) is 5.05. The normalized spacial score (nSPS) is 11.6. The number of alkyl halides is 3. The summed E-state index contributed by atoms with van der Waals surface area (Å²) in [5, 5.41) is 3.36. The van der Waals surface area contributed by atoms with E-state index < -0.39 is 19.2 Å². The van der Waals surface area contributed by atoms with Gasteiger partial charge in [-0.1, -0.05) is 17.7 Å². The lowest BCUT2D eigenvalue weighted by Crippen LogP contribution is -2.14. The predicted molar refractivity (Wildman–Crippen MR) is 60.4 cm³/mol. The van der Waals surface area contributed by atoms with Crippen LogP contribution in [0.1, 0.15) is 12.0 Å². The summed E-state index contributed by atoms with van der Waals surface area (Å²) in [5.41, 5.74) is 0.666. The number of hydrogen-bond donors (Lipinski definition) is 1. The molecule has 0 atom stereocenters. The molecule has 0 saturated carbocycles. The Morgan fingerprint density at radius 2 is 2.06 bits per heavy atom. The van der Waals surface area contributed by atoms with E-state index in [1.165, 1.54) is 0 Å². The van der Waals surface area contributed by atoms with Gasteiger partial charge in [0.2, 0.25) is 0 Å². The summed E-state index contributed by atoms with van der Waals surface area (Å²) in [4.78, 5) is 0. The number of hydrogen-bond acceptors (Lipinski definition) is 2. The molecule has 6 heteroatoms. The maximum Gasteiger partial charge on any atom is 0.392 e. The van der Waals surface area contributed by atoms with Crippen LogP contribution in [0.2, 0.25) is 5.02 Å². The third-order valence-corrected chi connectivity index (χ3v) is 2.43. The van der Waals surface area contributed by atoms with Crippen LogP contribution in [0.4, 0.5) is 13.2 Å². The predicted octanol–water partition coefficient (Wildman–Crippen LogP) is 3.39. The quantitative estimate of drug-likeness (QED) is 0.883. The van der Waals surface area contributed by atoms with E-state index in [0.717, 1.165) is 0 Å². The highest BCUT2D eigenvalue weighted by atomic mass is 35.5. The molecule has 1 aromatic rings. The Morgan fingerprint density at radius 1 is 1.35 bits per heavy atom. The summed E-state index contributed by atoms with van der Waals surface area (Å²) in [6.07, 6.45) is -5.18. The van der Waals surface area contributed by atoms with Gasteiger partial charge in [0.1, 0.15) is 5.75 Å². The Bertz CT molecular complexity index is 368. The highest BCUT2D eigenvalue weighted by Crippen LogP contribution is 2.27. The molecule has 17 heavy (non-hydrogen) atoms. The molecule has 0 spiro atoms. The molecular formula is C11H13ClF3NO. The van der Waals surface area contributed by atoms with Gasteiger partial charge in [-0.3, -0.25) is 0 Å². The van der Waals surface area contributed by atoms with Crippen LogP contribution in [-0.2, 0) is 6.54 Å². The van der Waals surface area contributed by atoms with Crippen molar-refractivity contribution in [1.29, 1.82) is 0 Å². The Balaban J connectivity index is 2.67. The van der Waals surface area contributed by atoms with Crippen molar-refractivity contribution in [2.75, 3.05) is 13.7 Å². The summed E-state index contributed by atoms with van der Waals surface area (Å²) in [5.74, 6) is 0.385. The maximum atomic E-state index is 12.0. The molecule has 0 aliphatic rings. The highest BCUT2D eigenvalue weighted by molar-refractivity contribution is 6.31. The van der Waals surface area contributed by atoms with Gasteiger partial charge in [0, 0.05) is 17.1 Å². The van der Waals surface area contributed by atoms with Crippen LogP contribution in [-0.4, -0.2) is 19.8 Å². The van der Waals surface area contributed by atoms with Gasteiger partial charge in [-0.2, -0.15) is 13.2 Å². The smallest absolute Gasteiger partial charge is 0.392 e.